The van der Waals surface area contributed by atoms with Crippen molar-refractivity contribution in [2.24, 2.45) is 0 Å². The number of aliphatic hydroxyl groups is 1. The highest BCUT2D eigenvalue weighted by Crippen LogP contribution is 2.28. The van der Waals surface area contributed by atoms with Crippen LogP contribution >= 0.6 is 0 Å². The molecule has 1 N–H and O–H groups in total. The summed E-state index contributed by atoms with van der Waals surface area (Å²) in [5.74, 6) is 0.808. The summed E-state index contributed by atoms with van der Waals surface area (Å²) in [6.45, 7) is 3.80. The lowest BCUT2D eigenvalue weighted by atomic mass is 10.0. The van der Waals surface area contributed by atoms with Crippen LogP contribution in [-0.4, -0.2) is 11.2 Å². The molecule has 2 heteroatoms. The third-order valence-corrected chi connectivity index (χ3v) is 3.10. The fourth-order valence-corrected chi connectivity index (χ4v) is 2.14. The molecule has 1 aromatic carbocycles. The quantitative estimate of drug-likeness (QED) is 0.808. The summed E-state index contributed by atoms with van der Waals surface area (Å²) >= 11 is 0. The van der Waals surface area contributed by atoms with Gasteiger partial charge in [-0.3, -0.25) is 0 Å². The Kier molecular flexibility index (Phi) is 3.85. The number of hydrogen-bond acceptors (Lipinski definition) is 2. The van der Waals surface area contributed by atoms with Crippen molar-refractivity contribution in [3.8, 4) is 5.75 Å². The van der Waals surface area contributed by atoms with Crippen LogP contribution in [0.5, 0.6) is 5.75 Å². The third-order valence-electron chi connectivity index (χ3n) is 3.10. The number of ether oxygens (including phenoxy) is 1. The molecule has 0 saturated carbocycles. The maximum Gasteiger partial charge on any atom is 0.126 e. The fourth-order valence-electron chi connectivity index (χ4n) is 2.14. The molecule has 0 bridgehead atoms. The van der Waals surface area contributed by atoms with E-state index in [1.807, 2.05) is 25.1 Å². The fraction of sp³-hybridized carbons (Fsp3) is 0.467. The van der Waals surface area contributed by atoms with E-state index in [4.69, 9.17) is 4.74 Å². The zero-order valence-corrected chi connectivity index (χ0v) is 10.5. The maximum absolute atomic E-state index is 9.76. The first-order valence-corrected chi connectivity index (χ1v) is 6.29. The van der Waals surface area contributed by atoms with Crippen molar-refractivity contribution < 1.29 is 9.84 Å². The Hall–Kier alpha value is -1.28. The Morgan fingerprint density at radius 1 is 1.41 bits per heavy atom. The first-order chi connectivity index (χ1) is 8.16. The molecule has 0 aliphatic heterocycles. The molecule has 17 heavy (non-hydrogen) atoms. The van der Waals surface area contributed by atoms with Crippen LogP contribution in [0.25, 0.3) is 0 Å². The molecule has 1 aromatic rings. The highest BCUT2D eigenvalue weighted by atomic mass is 16.5. The van der Waals surface area contributed by atoms with Crippen LogP contribution in [0.2, 0.25) is 0 Å². The minimum Gasteiger partial charge on any atom is -0.486 e. The second-order valence-corrected chi connectivity index (χ2v) is 4.73. The van der Waals surface area contributed by atoms with Gasteiger partial charge in [0.1, 0.15) is 11.9 Å². The van der Waals surface area contributed by atoms with Crippen molar-refractivity contribution in [3.05, 3.63) is 41.5 Å². The molecule has 2 atom stereocenters. The van der Waals surface area contributed by atoms with Crippen molar-refractivity contribution in [1.29, 1.82) is 0 Å². The van der Waals surface area contributed by atoms with Gasteiger partial charge in [-0.15, -0.1) is 0 Å². The first kappa shape index (κ1) is 12.2. The molecule has 2 nitrogen and oxygen atoms in total. The van der Waals surface area contributed by atoms with E-state index < -0.39 is 6.10 Å². The molecular weight excluding hydrogens is 212 g/mol. The molecule has 0 saturated heterocycles. The van der Waals surface area contributed by atoms with Crippen LogP contribution in [-0.2, 0) is 0 Å². The summed E-state index contributed by atoms with van der Waals surface area (Å²) < 4.78 is 5.96. The summed E-state index contributed by atoms with van der Waals surface area (Å²) in [5, 5.41) is 9.76. The molecule has 2 unspecified atom stereocenters. The van der Waals surface area contributed by atoms with Gasteiger partial charge in [-0.25, -0.2) is 0 Å². The number of aliphatic hydroxyl groups excluding tert-OH is 1. The predicted molar refractivity (Wildman–Crippen MR) is 69.2 cm³/mol. The Morgan fingerprint density at radius 2 is 2.24 bits per heavy atom. The molecule has 0 amide bonds. The second-order valence-electron chi connectivity index (χ2n) is 4.73. The van der Waals surface area contributed by atoms with Crippen LogP contribution in [0, 0.1) is 6.92 Å². The average molecular weight is 232 g/mol. The van der Waals surface area contributed by atoms with Crippen molar-refractivity contribution >= 4 is 0 Å². The van der Waals surface area contributed by atoms with Gasteiger partial charge in [-0.1, -0.05) is 17.7 Å². The minimum atomic E-state index is -0.488. The Balaban J connectivity index is 2.19. The van der Waals surface area contributed by atoms with Crippen LogP contribution < -0.4 is 4.74 Å². The standard InChI is InChI=1S/C15H20O2/c1-11-8-9-15(14(10-11)12(2)16)17-13-6-4-3-5-7-13/h4,6,8-10,12-13,16H,3,5,7H2,1-2H3. The molecule has 0 aromatic heterocycles. The van der Waals surface area contributed by atoms with E-state index in [9.17, 15) is 5.11 Å². The van der Waals surface area contributed by atoms with Gasteiger partial charge < -0.3 is 9.84 Å². The van der Waals surface area contributed by atoms with Gasteiger partial charge in [0.25, 0.3) is 0 Å². The molecule has 0 radical (unpaired) electrons. The smallest absolute Gasteiger partial charge is 0.126 e. The lowest BCUT2D eigenvalue weighted by molar-refractivity contribution is 0.180. The molecule has 92 valence electrons. The minimum absolute atomic E-state index is 0.156. The number of rotatable bonds is 3. The lowest BCUT2D eigenvalue weighted by Crippen LogP contribution is -2.16. The highest BCUT2D eigenvalue weighted by molar-refractivity contribution is 5.38. The van der Waals surface area contributed by atoms with E-state index in [0.29, 0.717) is 0 Å². The third kappa shape index (κ3) is 3.10. The summed E-state index contributed by atoms with van der Waals surface area (Å²) in [7, 11) is 0. The molecule has 1 aliphatic rings. The average Bonchev–Trinajstić information content (AvgIpc) is 2.32. The topological polar surface area (TPSA) is 29.5 Å². The van der Waals surface area contributed by atoms with Gasteiger partial charge in [0.15, 0.2) is 0 Å². The molecule has 0 fully saturated rings. The second kappa shape index (κ2) is 5.37. The molecular formula is C15H20O2. The van der Waals surface area contributed by atoms with Gasteiger partial charge in [0.05, 0.1) is 6.10 Å². The molecule has 0 heterocycles. The number of benzene rings is 1. The Labute approximate surface area is 103 Å². The predicted octanol–water partition coefficient (Wildman–Crippen LogP) is 3.54. The van der Waals surface area contributed by atoms with Gasteiger partial charge >= 0.3 is 0 Å². The Bertz CT molecular complexity index is 407. The van der Waals surface area contributed by atoms with Crippen LogP contribution in [0.4, 0.5) is 0 Å². The van der Waals surface area contributed by atoms with Crippen molar-refractivity contribution in [2.75, 3.05) is 0 Å². The SMILES string of the molecule is Cc1ccc(OC2C=CCCC2)c(C(C)O)c1. The zero-order chi connectivity index (χ0) is 12.3. The number of allylic oxidation sites excluding steroid dienone is 1. The van der Waals surface area contributed by atoms with Gasteiger partial charge in [-0.2, -0.15) is 0 Å². The van der Waals surface area contributed by atoms with Crippen LogP contribution in [0.3, 0.4) is 0 Å². The molecule has 2 rings (SSSR count). The number of aryl methyl sites for hydroxylation is 1. The van der Waals surface area contributed by atoms with Gasteiger partial charge in [0.2, 0.25) is 0 Å². The van der Waals surface area contributed by atoms with E-state index in [2.05, 4.69) is 12.2 Å². The maximum atomic E-state index is 9.76. The van der Waals surface area contributed by atoms with Crippen molar-refractivity contribution in [3.63, 3.8) is 0 Å². The van der Waals surface area contributed by atoms with Gasteiger partial charge in [-0.05, 0) is 51.3 Å². The largest absolute Gasteiger partial charge is 0.486 e. The van der Waals surface area contributed by atoms with Crippen LogP contribution in [0.15, 0.2) is 30.4 Å². The van der Waals surface area contributed by atoms with Crippen molar-refractivity contribution in [2.45, 2.75) is 45.3 Å². The summed E-state index contributed by atoms with van der Waals surface area (Å²) in [6.07, 6.45) is 7.35. The van der Waals surface area contributed by atoms with E-state index in [1.165, 1.54) is 6.42 Å². The molecule has 0 spiro atoms. The number of hydrogen-bond donors (Lipinski definition) is 1. The summed E-state index contributed by atoms with van der Waals surface area (Å²) in [4.78, 5) is 0. The van der Waals surface area contributed by atoms with E-state index in [1.54, 1.807) is 6.92 Å². The van der Waals surface area contributed by atoms with Crippen molar-refractivity contribution in [1.82, 2.24) is 0 Å². The Morgan fingerprint density at radius 3 is 2.88 bits per heavy atom. The monoisotopic (exact) mass is 232 g/mol. The normalized spacial score (nSPS) is 21.2. The summed E-state index contributed by atoms with van der Waals surface area (Å²) in [6, 6.07) is 5.97. The molecule has 1 aliphatic carbocycles. The zero-order valence-electron chi connectivity index (χ0n) is 10.5. The lowest BCUT2D eigenvalue weighted by Gasteiger charge is -2.21. The van der Waals surface area contributed by atoms with Crippen LogP contribution in [0.1, 0.15) is 43.4 Å². The van der Waals surface area contributed by atoms with E-state index in [-0.39, 0.29) is 6.10 Å². The van der Waals surface area contributed by atoms with E-state index in [0.717, 1.165) is 29.7 Å². The highest BCUT2D eigenvalue weighted by Gasteiger charge is 2.14. The van der Waals surface area contributed by atoms with Gasteiger partial charge in [0, 0.05) is 5.56 Å². The summed E-state index contributed by atoms with van der Waals surface area (Å²) in [5.41, 5.74) is 2.02. The van der Waals surface area contributed by atoms with E-state index >= 15 is 0 Å². The first-order valence-electron chi connectivity index (χ1n) is 6.29.